The summed E-state index contributed by atoms with van der Waals surface area (Å²) < 4.78 is 38.7. The Morgan fingerprint density at radius 1 is 1.07 bits per heavy atom. The third-order valence-electron chi connectivity index (χ3n) is 3.68. The lowest BCUT2D eigenvalue weighted by atomic mass is 10.2. The summed E-state index contributed by atoms with van der Waals surface area (Å²) in [4.78, 5) is 29.4. The molecule has 5 nitrogen and oxygen atoms in total. The number of benzene rings is 1. The highest BCUT2D eigenvalue weighted by molar-refractivity contribution is 7.12. The lowest BCUT2D eigenvalue weighted by molar-refractivity contribution is -0.137. The van der Waals surface area contributed by atoms with Gasteiger partial charge >= 0.3 is 6.18 Å². The topological polar surface area (TPSA) is 71.1 Å². The largest absolute Gasteiger partial charge is 0.416 e. The highest BCUT2D eigenvalue weighted by atomic mass is 32.1. The summed E-state index contributed by atoms with van der Waals surface area (Å²) in [6.07, 6.45) is -0.122. The zero-order valence-corrected chi connectivity index (χ0v) is 15.6. The fraction of sp³-hybridized carbons (Fsp3) is 0.0500. The first-order chi connectivity index (χ1) is 13.8. The molecule has 0 aliphatic carbocycles. The van der Waals surface area contributed by atoms with Crippen molar-refractivity contribution in [2.24, 2.45) is 0 Å². The Morgan fingerprint density at radius 2 is 1.90 bits per heavy atom. The third-order valence-corrected chi connectivity index (χ3v) is 4.55. The lowest BCUT2D eigenvalue weighted by Crippen LogP contribution is -2.30. The lowest BCUT2D eigenvalue weighted by Gasteiger charge is -2.12. The number of hydrogen-bond donors (Lipinski definition) is 2. The number of rotatable bonds is 5. The Bertz CT molecular complexity index is 1030. The molecule has 3 aromatic rings. The molecule has 0 saturated carbocycles. The number of nitrogens with zero attached hydrogens (tertiary/aromatic N) is 1. The second-order valence-electron chi connectivity index (χ2n) is 5.81. The molecule has 0 radical (unpaired) electrons. The molecule has 0 unspecified atom stereocenters. The molecule has 0 saturated heterocycles. The maximum Gasteiger partial charge on any atom is 0.416 e. The van der Waals surface area contributed by atoms with Gasteiger partial charge in [0.05, 0.1) is 10.4 Å². The normalized spacial score (nSPS) is 11.8. The van der Waals surface area contributed by atoms with Gasteiger partial charge in [0.15, 0.2) is 0 Å². The van der Waals surface area contributed by atoms with E-state index in [9.17, 15) is 22.8 Å². The van der Waals surface area contributed by atoms with Crippen LogP contribution in [-0.4, -0.2) is 16.8 Å². The van der Waals surface area contributed by atoms with E-state index < -0.39 is 23.6 Å². The van der Waals surface area contributed by atoms with Crippen LogP contribution in [-0.2, 0) is 11.0 Å². The van der Waals surface area contributed by atoms with E-state index in [4.69, 9.17) is 0 Å². The SMILES string of the molecule is O=C(Nc1cccc(C(F)(F)F)c1)/C(=C\c1cccnc1)NC(=O)c1cccs1. The van der Waals surface area contributed by atoms with Gasteiger partial charge in [-0.1, -0.05) is 18.2 Å². The summed E-state index contributed by atoms with van der Waals surface area (Å²) in [5.74, 6) is -1.27. The van der Waals surface area contributed by atoms with Gasteiger partial charge in [-0.3, -0.25) is 14.6 Å². The number of nitrogens with one attached hydrogen (secondary N) is 2. The van der Waals surface area contributed by atoms with Crippen LogP contribution in [0.25, 0.3) is 6.08 Å². The molecule has 0 fully saturated rings. The Labute approximate surface area is 167 Å². The van der Waals surface area contributed by atoms with Crippen molar-refractivity contribution in [3.05, 3.63) is 88.0 Å². The highest BCUT2D eigenvalue weighted by Gasteiger charge is 2.30. The zero-order chi connectivity index (χ0) is 20.9. The fourth-order valence-electron chi connectivity index (χ4n) is 2.35. The minimum absolute atomic E-state index is 0.0488. The van der Waals surface area contributed by atoms with Gasteiger partial charge in [0.1, 0.15) is 5.70 Å². The van der Waals surface area contributed by atoms with Crippen molar-refractivity contribution in [3.63, 3.8) is 0 Å². The van der Waals surface area contributed by atoms with E-state index >= 15 is 0 Å². The number of carbonyl (C=O) groups excluding carboxylic acids is 2. The van der Waals surface area contributed by atoms with Gasteiger partial charge in [0, 0.05) is 18.1 Å². The van der Waals surface area contributed by atoms with Crippen LogP contribution >= 0.6 is 11.3 Å². The average Bonchev–Trinajstić information content (AvgIpc) is 3.23. The molecule has 2 N–H and O–H groups in total. The third kappa shape index (κ3) is 5.52. The standard InChI is InChI=1S/C20H14F3N3O2S/c21-20(22,23)14-5-1-6-15(11-14)25-18(27)16(10-13-4-2-8-24-12-13)26-19(28)17-7-3-9-29-17/h1-12H,(H,25,27)(H,26,28)/b16-10+. The molecule has 2 heterocycles. The van der Waals surface area contributed by atoms with E-state index in [1.807, 2.05) is 0 Å². The summed E-state index contributed by atoms with van der Waals surface area (Å²) in [7, 11) is 0. The van der Waals surface area contributed by atoms with Crippen LogP contribution in [0.5, 0.6) is 0 Å². The van der Waals surface area contributed by atoms with Gasteiger partial charge < -0.3 is 10.6 Å². The smallest absolute Gasteiger partial charge is 0.321 e. The number of anilines is 1. The molecule has 0 aliphatic heterocycles. The molecule has 2 aromatic heterocycles. The van der Waals surface area contributed by atoms with Crippen LogP contribution in [0, 0.1) is 0 Å². The molecule has 0 spiro atoms. The molecule has 1 aromatic carbocycles. The Hall–Kier alpha value is -3.46. The Kier molecular flexibility index (Phi) is 6.08. The van der Waals surface area contributed by atoms with Gasteiger partial charge in [-0.05, 0) is 47.4 Å². The quantitative estimate of drug-likeness (QED) is 0.598. The van der Waals surface area contributed by atoms with Gasteiger partial charge in [-0.15, -0.1) is 11.3 Å². The summed E-state index contributed by atoms with van der Waals surface area (Å²) in [6.45, 7) is 0. The van der Waals surface area contributed by atoms with Crippen LogP contribution in [0.3, 0.4) is 0 Å². The van der Waals surface area contributed by atoms with Crippen LogP contribution in [0.2, 0.25) is 0 Å². The molecule has 0 bridgehead atoms. The van der Waals surface area contributed by atoms with Crippen LogP contribution in [0.4, 0.5) is 18.9 Å². The molecule has 2 amide bonds. The summed E-state index contributed by atoms with van der Waals surface area (Å²) >= 11 is 1.19. The number of halogens is 3. The number of alkyl halides is 3. The zero-order valence-electron chi connectivity index (χ0n) is 14.7. The first kappa shape index (κ1) is 20.3. The summed E-state index contributed by atoms with van der Waals surface area (Å²) in [5.41, 5.74) is -0.537. The van der Waals surface area contributed by atoms with Crippen molar-refractivity contribution < 1.29 is 22.8 Å². The van der Waals surface area contributed by atoms with E-state index in [1.54, 1.807) is 35.8 Å². The summed E-state index contributed by atoms with van der Waals surface area (Å²) in [5, 5.41) is 6.60. The highest BCUT2D eigenvalue weighted by Crippen LogP contribution is 2.30. The monoisotopic (exact) mass is 417 g/mol. The predicted molar refractivity (Wildman–Crippen MR) is 104 cm³/mol. The van der Waals surface area contributed by atoms with E-state index in [2.05, 4.69) is 15.6 Å². The minimum atomic E-state index is -4.54. The molecular weight excluding hydrogens is 403 g/mol. The van der Waals surface area contributed by atoms with Crippen molar-refractivity contribution in [2.75, 3.05) is 5.32 Å². The number of pyridine rings is 1. The molecule has 9 heteroatoms. The van der Waals surface area contributed by atoms with Gasteiger partial charge in [-0.2, -0.15) is 13.2 Å². The van der Waals surface area contributed by atoms with Crippen LogP contribution in [0.15, 0.2) is 72.0 Å². The van der Waals surface area contributed by atoms with Gasteiger partial charge in [0.25, 0.3) is 11.8 Å². The fourth-order valence-corrected chi connectivity index (χ4v) is 2.97. The van der Waals surface area contributed by atoms with Crippen LogP contribution in [0.1, 0.15) is 20.8 Å². The number of aromatic nitrogens is 1. The van der Waals surface area contributed by atoms with E-state index in [1.165, 1.54) is 35.7 Å². The molecule has 0 aliphatic rings. The first-order valence-corrected chi connectivity index (χ1v) is 9.16. The molecule has 3 rings (SSSR count). The summed E-state index contributed by atoms with van der Waals surface area (Å²) in [6, 6.07) is 10.8. The van der Waals surface area contributed by atoms with E-state index in [-0.39, 0.29) is 11.4 Å². The average molecular weight is 417 g/mol. The van der Waals surface area contributed by atoms with Gasteiger partial charge in [0.2, 0.25) is 0 Å². The van der Waals surface area contributed by atoms with Crippen molar-refractivity contribution >= 4 is 34.9 Å². The molecule has 148 valence electrons. The number of carbonyl (C=O) groups is 2. The van der Waals surface area contributed by atoms with E-state index in [0.717, 1.165) is 12.1 Å². The second kappa shape index (κ2) is 8.70. The van der Waals surface area contributed by atoms with Crippen molar-refractivity contribution in [1.29, 1.82) is 0 Å². The number of thiophene rings is 1. The predicted octanol–water partition coefficient (Wildman–Crippen LogP) is 4.57. The van der Waals surface area contributed by atoms with E-state index in [0.29, 0.717) is 10.4 Å². The Balaban J connectivity index is 1.86. The molecule has 0 atom stereocenters. The second-order valence-corrected chi connectivity index (χ2v) is 6.76. The number of hydrogen-bond acceptors (Lipinski definition) is 4. The van der Waals surface area contributed by atoms with Gasteiger partial charge in [-0.25, -0.2) is 0 Å². The minimum Gasteiger partial charge on any atom is -0.321 e. The van der Waals surface area contributed by atoms with Crippen molar-refractivity contribution in [1.82, 2.24) is 10.3 Å². The van der Waals surface area contributed by atoms with Crippen LogP contribution < -0.4 is 10.6 Å². The maximum absolute atomic E-state index is 12.9. The molecular formula is C20H14F3N3O2S. The van der Waals surface area contributed by atoms with Crippen molar-refractivity contribution in [3.8, 4) is 0 Å². The number of amides is 2. The Morgan fingerprint density at radius 3 is 2.55 bits per heavy atom. The molecule has 29 heavy (non-hydrogen) atoms. The maximum atomic E-state index is 12.9. The first-order valence-electron chi connectivity index (χ1n) is 8.28. The van der Waals surface area contributed by atoms with Crippen molar-refractivity contribution in [2.45, 2.75) is 6.18 Å².